The molecule has 3 aromatic heterocycles. The zero-order valence-electron chi connectivity index (χ0n) is 11.1. The zero-order valence-corrected chi connectivity index (χ0v) is 11.9. The number of thiazole rings is 1. The number of amides is 1. The Balaban J connectivity index is 1.64. The monoisotopic (exact) mass is 296 g/mol. The molecule has 0 bridgehead atoms. The van der Waals surface area contributed by atoms with Gasteiger partial charge in [0.25, 0.3) is 5.91 Å². The van der Waals surface area contributed by atoms with Gasteiger partial charge in [-0.05, 0) is 24.3 Å². The summed E-state index contributed by atoms with van der Waals surface area (Å²) < 4.78 is 0. The molecule has 104 valence electrons. The van der Waals surface area contributed by atoms with Crippen molar-refractivity contribution in [3.8, 4) is 10.6 Å². The Hall–Kier alpha value is -2.60. The number of aromatic nitrogens is 3. The standard InChI is InChI=1S/C15H12N4OS/c20-14(13-5-1-2-7-17-13)18-9-12-10-21-15(19-12)11-4-3-6-16-8-11/h1-8,10H,9H2,(H,18,20). The molecule has 0 aromatic carbocycles. The molecular weight excluding hydrogens is 284 g/mol. The second-order valence-electron chi connectivity index (χ2n) is 4.28. The van der Waals surface area contributed by atoms with Crippen LogP contribution in [0.4, 0.5) is 0 Å². The highest BCUT2D eigenvalue weighted by Crippen LogP contribution is 2.22. The summed E-state index contributed by atoms with van der Waals surface area (Å²) in [5, 5.41) is 5.63. The molecule has 3 aromatic rings. The Bertz CT molecular complexity index is 728. The number of pyridine rings is 2. The summed E-state index contributed by atoms with van der Waals surface area (Å²) in [4.78, 5) is 24.5. The molecule has 6 heteroatoms. The van der Waals surface area contributed by atoms with Crippen LogP contribution in [0.3, 0.4) is 0 Å². The number of rotatable bonds is 4. The van der Waals surface area contributed by atoms with Crippen molar-refractivity contribution >= 4 is 17.2 Å². The van der Waals surface area contributed by atoms with Crippen molar-refractivity contribution in [2.24, 2.45) is 0 Å². The van der Waals surface area contributed by atoms with Crippen molar-refractivity contribution in [1.29, 1.82) is 0 Å². The van der Waals surface area contributed by atoms with Crippen LogP contribution in [0.5, 0.6) is 0 Å². The van der Waals surface area contributed by atoms with Crippen molar-refractivity contribution in [1.82, 2.24) is 20.3 Å². The van der Waals surface area contributed by atoms with Crippen LogP contribution in [-0.2, 0) is 6.54 Å². The fourth-order valence-corrected chi connectivity index (χ4v) is 2.58. The quantitative estimate of drug-likeness (QED) is 0.803. The summed E-state index contributed by atoms with van der Waals surface area (Å²) in [5.41, 5.74) is 2.20. The minimum absolute atomic E-state index is 0.202. The minimum Gasteiger partial charge on any atom is -0.345 e. The number of hydrogen-bond acceptors (Lipinski definition) is 5. The van der Waals surface area contributed by atoms with E-state index in [0.717, 1.165) is 16.3 Å². The van der Waals surface area contributed by atoms with Gasteiger partial charge in [0.15, 0.2) is 0 Å². The molecule has 0 unspecified atom stereocenters. The van der Waals surface area contributed by atoms with E-state index in [9.17, 15) is 4.79 Å². The Kier molecular flexibility index (Phi) is 3.97. The Morgan fingerprint density at radius 1 is 1.19 bits per heavy atom. The van der Waals surface area contributed by atoms with Crippen LogP contribution in [0.25, 0.3) is 10.6 Å². The highest BCUT2D eigenvalue weighted by molar-refractivity contribution is 7.13. The van der Waals surface area contributed by atoms with Gasteiger partial charge in [-0.25, -0.2) is 4.98 Å². The predicted molar refractivity (Wildman–Crippen MR) is 80.8 cm³/mol. The van der Waals surface area contributed by atoms with Gasteiger partial charge in [-0.15, -0.1) is 11.3 Å². The lowest BCUT2D eigenvalue weighted by molar-refractivity contribution is 0.0945. The van der Waals surface area contributed by atoms with Gasteiger partial charge < -0.3 is 5.32 Å². The third kappa shape index (κ3) is 3.29. The van der Waals surface area contributed by atoms with Crippen LogP contribution in [0, 0.1) is 0 Å². The first-order valence-corrected chi connectivity index (χ1v) is 7.25. The van der Waals surface area contributed by atoms with Crippen molar-refractivity contribution < 1.29 is 4.79 Å². The van der Waals surface area contributed by atoms with Gasteiger partial charge in [0.05, 0.1) is 12.2 Å². The van der Waals surface area contributed by atoms with Crippen LogP contribution in [0.2, 0.25) is 0 Å². The van der Waals surface area contributed by atoms with Crippen LogP contribution in [-0.4, -0.2) is 20.9 Å². The number of nitrogens with one attached hydrogen (secondary N) is 1. The van der Waals surface area contributed by atoms with E-state index in [-0.39, 0.29) is 5.91 Å². The largest absolute Gasteiger partial charge is 0.345 e. The van der Waals surface area contributed by atoms with Gasteiger partial charge in [-0.2, -0.15) is 0 Å². The van der Waals surface area contributed by atoms with Gasteiger partial charge in [0, 0.05) is 29.5 Å². The maximum atomic E-state index is 11.9. The number of hydrogen-bond donors (Lipinski definition) is 1. The van der Waals surface area contributed by atoms with Crippen molar-refractivity contribution in [3.63, 3.8) is 0 Å². The maximum absolute atomic E-state index is 11.9. The molecule has 0 atom stereocenters. The molecule has 1 amide bonds. The van der Waals surface area contributed by atoms with Crippen molar-refractivity contribution in [3.05, 3.63) is 65.7 Å². The van der Waals surface area contributed by atoms with E-state index in [1.54, 1.807) is 36.8 Å². The van der Waals surface area contributed by atoms with E-state index in [2.05, 4.69) is 20.3 Å². The first-order chi connectivity index (χ1) is 10.3. The average Bonchev–Trinajstić information content (AvgIpc) is 3.03. The molecule has 5 nitrogen and oxygen atoms in total. The maximum Gasteiger partial charge on any atom is 0.270 e. The second-order valence-corrected chi connectivity index (χ2v) is 5.14. The average molecular weight is 296 g/mol. The fourth-order valence-electron chi connectivity index (χ4n) is 1.77. The number of nitrogens with zero attached hydrogens (tertiary/aromatic N) is 3. The van der Waals surface area contributed by atoms with Gasteiger partial charge in [0.1, 0.15) is 10.7 Å². The van der Waals surface area contributed by atoms with Crippen molar-refractivity contribution in [2.75, 3.05) is 0 Å². The molecule has 1 N–H and O–H groups in total. The van der Waals surface area contributed by atoms with E-state index in [0.29, 0.717) is 12.2 Å². The SMILES string of the molecule is O=C(NCc1csc(-c2cccnc2)n1)c1ccccn1. The van der Waals surface area contributed by atoms with Crippen LogP contribution in [0.15, 0.2) is 54.3 Å². The van der Waals surface area contributed by atoms with Gasteiger partial charge in [0.2, 0.25) is 0 Å². The number of carbonyl (C=O) groups is 1. The molecule has 21 heavy (non-hydrogen) atoms. The first-order valence-electron chi connectivity index (χ1n) is 6.37. The molecule has 0 radical (unpaired) electrons. The van der Waals surface area contributed by atoms with Crippen LogP contribution >= 0.6 is 11.3 Å². The van der Waals surface area contributed by atoms with Crippen LogP contribution < -0.4 is 5.32 Å². The lowest BCUT2D eigenvalue weighted by Gasteiger charge is -2.01. The first kappa shape index (κ1) is 13.4. The molecule has 0 saturated heterocycles. The Morgan fingerprint density at radius 2 is 2.14 bits per heavy atom. The van der Waals surface area contributed by atoms with Gasteiger partial charge >= 0.3 is 0 Å². The summed E-state index contributed by atoms with van der Waals surface area (Å²) >= 11 is 1.53. The lowest BCUT2D eigenvalue weighted by atomic mass is 10.3. The molecule has 0 aliphatic heterocycles. The second kappa shape index (κ2) is 6.23. The lowest BCUT2D eigenvalue weighted by Crippen LogP contribution is -2.23. The smallest absolute Gasteiger partial charge is 0.270 e. The Labute approximate surface area is 125 Å². The molecule has 0 aliphatic carbocycles. The summed E-state index contributed by atoms with van der Waals surface area (Å²) in [5.74, 6) is -0.202. The van der Waals surface area contributed by atoms with Crippen molar-refractivity contribution in [2.45, 2.75) is 6.54 Å². The van der Waals surface area contributed by atoms with E-state index in [4.69, 9.17) is 0 Å². The number of carbonyl (C=O) groups excluding carboxylic acids is 1. The highest BCUT2D eigenvalue weighted by Gasteiger charge is 2.08. The van der Waals surface area contributed by atoms with E-state index in [1.165, 1.54) is 11.3 Å². The summed E-state index contributed by atoms with van der Waals surface area (Å²) in [6.45, 7) is 0.381. The third-order valence-corrected chi connectivity index (χ3v) is 3.73. The molecule has 0 spiro atoms. The summed E-state index contributed by atoms with van der Waals surface area (Å²) in [6.07, 6.45) is 5.10. The molecule has 0 fully saturated rings. The summed E-state index contributed by atoms with van der Waals surface area (Å²) in [7, 11) is 0. The minimum atomic E-state index is -0.202. The van der Waals surface area contributed by atoms with E-state index >= 15 is 0 Å². The zero-order chi connectivity index (χ0) is 14.5. The Morgan fingerprint density at radius 3 is 2.90 bits per heavy atom. The molecule has 3 heterocycles. The normalized spacial score (nSPS) is 10.3. The fraction of sp³-hybridized carbons (Fsp3) is 0.0667. The molecule has 0 aliphatic rings. The van der Waals surface area contributed by atoms with E-state index in [1.807, 2.05) is 17.5 Å². The molecule has 0 saturated carbocycles. The highest BCUT2D eigenvalue weighted by atomic mass is 32.1. The summed E-state index contributed by atoms with van der Waals surface area (Å²) in [6, 6.07) is 9.07. The van der Waals surface area contributed by atoms with E-state index < -0.39 is 0 Å². The topological polar surface area (TPSA) is 67.8 Å². The van der Waals surface area contributed by atoms with Crippen LogP contribution in [0.1, 0.15) is 16.2 Å². The molecular formula is C15H12N4OS. The van der Waals surface area contributed by atoms with Gasteiger partial charge in [-0.1, -0.05) is 6.07 Å². The third-order valence-electron chi connectivity index (χ3n) is 2.79. The predicted octanol–water partition coefficient (Wildman–Crippen LogP) is 2.53. The van der Waals surface area contributed by atoms with Gasteiger partial charge in [-0.3, -0.25) is 14.8 Å². The molecule has 3 rings (SSSR count).